The van der Waals surface area contributed by atoms with Crippen LogP contribution in [-0.4, -0.2) is 281 Å². The second-order valence-electron chi connectivity index (χ2n) is 33.5. The molecule has 0 unspecified atom stereocenters. The minimum Gasteiger partial charge on any atom is -0.489 e. The van der Waals surface area contributed by atoms with Crippen LogP contribution in [-0.2, 0) is 49.9 Å². The average molecular weight is 2010 g/mol. The minimum absolute atomic E-state index is 0.00132. The third-order valence-electron chi connectivity index (χ3n) is 22.0. The van der Waals surface area contributed by atoms with Crippen LogP contribution in [0.15, 0.2) is 104 Å². The molecule has 41 nitrogen and oxygen atoms in total. The topological polar surface area (TPSA) is 534 Å². The maximum Gasteiger partial charge on any atom is 0.319 e. The van der Waals surface area contributed by atoms with Crippen LogP contribution in [0.2, 0.25) is 25.8 Å². The van der Waals surface area contributed by atoms with Gasteiger partial charge in [-0.1, -0.05) is 58.0 Å². The molecule has 0 spiro atoms. The zero-order valence-electron chi connectivity index (χ0n) is 77.0. The summed E-state index contributed by atoms with van der Waals surface area (Å²) in [4.78, 5) is 75.5. The molecule has 0 bridgehead atoms. The van der Waals surface area contributed by atoms with E-state index in [1.54, 1.807) is 63.6 Å². The lowest BCUT2D eigenvalue weighted by molar-refractivity contribution is 0.0591. The number of amides is 1. The van der Waals surface area contributed by atoms with E-state index in [0.29, 0.717) is 109 Å². The van der Waals surface area contributed by atoms with Gasteiger partial charge >= 0.3 is 18.0 Å². The van der Waals surface area contributed by atoms with Crippen molar-refractivity contribution in [2.75, 3.05) is 158 Å². The number of aromatic nitrogens is 17. The number of aryl methyl sites for hydroxylation is 3. The third kappa shape index (κ3) is 35.3. The van der Waals surface area contributed by atoms with E-state index in [9.17, 15) is 18.3 Å². The number of aliphatic hydroxyl groups is 3. The van der Waals surface area contributed by atoms with E-state index in [1.807, 2.05) is 71.6 Å². The second-order valence-corrected chi connectivity index (χ2v) is 37.4. The highest BCUT2D eigenvalue weighted by Crippen LogP contribution is 2.34. The van der Waals surface area contributed by atoms with Crippen molar-refractivity contribution in [3.05, 3.63) is 130 Å². The van der Waals surface area contributed by atoms with Crippen molar-refractivity contribution in [3.8, 4) is 69.1 Å². The van der Waals surface area contributed by atoms with Gasteiger partial charge in [0.25, 0.3) is 5.91 Å². The van der Waals surface area contributed by atoms with Gasteiger partial charge in [-0.05, 0) is 153 Å². The molecule has 0 aliphatic carbocycles. The summed E-state index contributed by atoms with van der Waals surface area (Å²) in [5.74, 6) is 5.27. The Balaban J connectivity index is 0.000000167. The Morgan fingerprint density at radius 2 is 0.809 bits per heavy atom. The summed E-state index contributed by atoms with van der Waals surface area (Å²) in [7, 11) is 2.35. The smallest absolute Gasteiger partial charge is 0.319 e. The Morgan fingerprint density at radius 1 is 0.463 bits per heavy atom. The number of nitrogen functional groups attached to an aromatic ring is 3. The summed E-state index contributed by atoms with van der Waals surface area (Å²) < 4.78 is 84.2. The molecule has 1 amide bonds. The summed E-state index contributed by atoms with van der Waals surface area (Å²) >= 11 is 28.6. The third-order valence-corrected chi connectivity index (χ3v) is 23.9. The molecule has 7 fully saturated rings. The van der Waals surface area contributed by atoms with Crippen LogP contribution in [0.3, 0.4) is 0 Å². The zero-order chi connectivity index (χ0) is 97.0. The summed E-state index contributed by atoms with van der Waals surface area (Å²) in [6.07, 6.45) is 31.7. The number of nitrogens with one attached hydrogen (secondary N) is 2. The van der Waals surface area contributed by atoms with Gasteiger partial charge in [0.1, 0.15) is 62.9 Å². The van der Waals surface area contributed by atoms with Crippen LogP contribution in [0.4, 0.5) is 29.1 Å². The number of carbonyl (C=O) groups is 1. The van der Waals surface area contributed by atoms with Crippen LogP contribution < -0.4 is 71.8 Å². The highest BCUT2D eigenvalue weighted by Gasteiger charge is 2.29. The summed E-state index contributed by atoms with van der Waals surface area (Å²) in [6, 6.07) is 12.1. The zero-order valence-corrected chi connectivity index (χ0v) is 81.6. The average Bonchev–Trinajstić information content (AvgIpc) is 1.81. The molecule has 17 rings (SSSR count). The molecule has 0 saturated carbocycles. The fourth-order valence-corrected chi connectivity index (χ4v) is 16.1. The number of aliphatic hydroxyl groups excluding tert-OH is 3. The molecule has 740 valence electrons. The number of nitrogens with zero attached hydrogens (tertiary/aromatic N) is 19. The predicted molar refractivity (Wildman–Crippen MR) is 515 cm³/mol. The van der Waals surface area contributed by atoms with Gasteiger partial charge in [-0.2, -0.15) is 29.9 Å². The molecule has 7 aliphatic rings. The fraction of sp³-hybridized carbons (Fsp3) is 0.539. The van der Waals surface area contributed by atoms with Crippen LogP contribution >= 0.6 is 58.0 Å². The number of ether oxygens (including phenoxy) is 10. The molecular weight excluding hydrogens is 1880 g/mol. The molecule has 10 aromatic rings. The largest absolute Gasteiger partial charge is 0.489 e. The minimum atomic E-state index is -3.44. The first kappa shape index (κ1) is 106. The molecule has 7 saturated heterocycles. The number of rotatable bonds is 29. The first-order chi connectivity index (χ1) is 65.5. The lowest BCUT2D eigenvalue weighted by atomic mass is 9.98. The van der Waals surface area contributed by atoms with Crippen molar-refractivity contribution in [2.24, 2.45) is 44.6 Å². The van der Waals surface area contributed by atoms with Gasteiger partial charge in [0.15, 0.2) is 34.7 Å². The van der Waals surface area contributed by atoms with Crippen LogP contribution in [0.25, 0.3) is 33.8 Å². The monoisotopic (exact) mass is 2000 g/mol. The Bertz CT molecular complexity index is 5420. The van der Waals surface area contributed by atoms with Crippen molar-refractivity contribution >= 4 is 103 Å². The van der Waals surface area contributed by atoms with Gasteiger partial charge in [0.05, 0.1) is 100 Å². The number of halogens is 5. The number of imidazole rings is 3. The second kappa shape index (κ2) is 54.2. The lowest BCUT2D eigenvalue weighted by Gasteiger charge is -2.33. The Labute approximate surface area is 815 Å². The predicted octanol–water partition coefficient (Wildman–Crippen LogP) is 9.63. The number of carbonyl (C=O) groups excluding carboxylic acids is 1. The van der Waals surface area contributed by atoms with E-state index in [0.717, 1.165) is 201 Å². The Morgan fingerprint density at radius 3 is 1.14 bits per heavy atom. The standard InChI is InChI=1S/C28H38N8O5.C24H30ClN7O3.C15H21N5O.C9H10Cl2N2O2.C5H4Cl2N2O2S.C5H10O2.C3H9NO/c1-18(14-37)32-27(38)22-11-25(34-28(33-22)41-16-21-4-3-9-39-21)36-7-5-19(6-8-36)15-40-24-10-20(12-30-26(24)29)23-13-35(2)17-31-23;1-31-12-19(28-15-31)17-9-20(23(26)27-11-17)34-13-16-4-6-32(7-5-16)22-10-21(25)29-24(30-22)35-14-18-3-2-8-33-18;1-20-8-13(19-10-20)12-6-14(15(16)18-7-12)21-9-11-2-4-17-5-3-11;10-7-4-8(11)13-9(12-7)15-5-6-2-1-3-14-6;1-12(10,11)5-8-3(6)2-4(7)9-5;6-4-5-2-1-3-7-5;1-3(4)2-5/h10-13,17-19,21,37H,3-9,14-16H2,1-2H3,(H2,29,30)(H,32,38);9-12,15-16,18H,2-8,13-14H2,1H3,(H2,26,27);6-8,10-11,17H,2-5,9H2,1H3,(H2,16,18);4,6H,1-3,5H2;2H,1H3;5-6H,1-4H2;3,5H,2,4H2,1H3/t18-,21+;18-;;6-;;5-;3-/m10.0.01/s1. The van der Waals surface area contributed by atoms with E-state index in [1.165, 1.54) is 12.1 Å². The van der Waals surface area contributed by atoms with E-state index < -0.39 is 15.9 Å². The van der Waals surface area contributed by atoms with Crippen molar-refractivity contribution in [3.63, 3.8) is 0 Å². The van der Waals surface area contributed by atoms with E-state index in [2.05, 4.69) is 90.2 Å². The van der Waals surface area contributed by atoms with Gasteiger partial charge in [-0.15, -0.1) is 0 Å². The van der Waals surface area contributed by atoms with Gasteiger partial charge in [-0.3, -0.25) is 4.79 Å². The fourth-order valence-electron chi connectivity index (χ4n) is 14.4. The molecule has 13 N–H and O–H groups in total. The molecule has 10 aromatic heterocycles. The normalized spacial score (nSPS) is 18.3. The molecule has 47 heteroatoms. The number of piperidine rings is 3. The summed E-state index contributed by atoms with van der Waals surface area (Å²) in [5.41, 5.74) is 28.5. The number of anilines is 5. The quantitative estimate of drug-likeness (QED) is 0.0155. The molecule has 17 heterocycles. The Kier molecular flexibility index (Phi) is 42.3. The molecule has 0 aromatic carbocycles. The molecular formula is C89H122Cl5N25O16S. The van der Waals surface area contributed by atoms with Crippen molar-refractivity contribution < 1.29 is 75.9 Å². The molecule has 0 radical (unpaired) electrons. The number of pyridine rings is 3. The first-order valence-corrected chi connectivity index (χ1v) is 48.8. The number of hydrogen-bond donors (Lipinski definition) is 9. The van der Waals surface area contributed by atoms with E-state index in [-0.39, 0.29) is 99.7 Å². The molecule has 7 aliphatic heterocycles. The number of hydrogen-bond acceptors (Lipinski definition) is 37. The van der Waals surface area contributed by atoms with Gasteiger partial charge < -0.3 is 120 Å². The van der Waals surface area contributed by atoms with E-state index in [4.69, 9.17) is 139 Å². The van der Waals surface area contributed by atoms with Crippen molar-refractivity contribution in [1.29, 1.82) is 0 Å². The maximum atomic E-state index is 12.8. The number of nitrogens with two attached hydrogens (primary N) is 4. The summed E-state index contributed by atoms with van der Waals surface area (Å²) in [6.45, 7) is 15.0. The van der Waals surface area contributed by atoms with Gasteiger partial charge in [-0.25, -0.2) is 48.3 Å². The lowest BCUT2D eigenvalue weighted by Crippen LogP contribution is -2.37. The first-order valence-electron chi connectivity index (χ1n) is 45.0. The van der Waals surface area contributed by atoms with Crippen molar-refractivity contribution in [1.82, 2.24) is 94.1 Å². The SMILES string of the molecule is CS(=O)(=O)c1nc(Cl)cc(Cl)n1.C[C@@H](N)CO.C[C@H](CO)NC(=O)c1cc(N2CCC(COc3cc(-c4cn(C)cn4)cnc3N)CC2)nc(OC[C@@H]2CCCO2)n1.Clc1cc(Cl)nc(OC[C@@H]2CCCO2)n1.Cn1cnc(-c2cnc(N)c(OCC3CCN(c4cc(Cl)nc(OC[C@@H]5CCCO5)n4)CC3)c2)c1.Cn1cnc(-c2cnc(N)c(OCC3CCNCC3)c2)c1.OC[C@@H]1CCCO1. The highest BCUT2D eigenvalue weighted by molar-refractivity contribution is 7.90. The van der Waals surface area contributed by atoms with Gasteiger partial charge in [0, 0.05) is 170 Å². The van der Waals surface area contributed by atoms with E-state index >= 15 is 0 Å². The molecule has 6 atom stereocenters. The highest BCUT2D eigenvalue weighted by atomic mass is 35.5. The summed E-state index contributed by atoms with van der Waals surface area (Å²) in [5, 5.41) is 32.5. The van der Waals surface area contributed by atoms with Crippen LogP contribution in [0, 0.1) is 17.8 Å². The van der Waals surface area contributed by atoms with Gasteiger partial charge in [0.2, 0.25) is 15.0 Å². The maximum absolute atomic E-state index is 12.8. The van der Waals surface area contributed by atoms with Crippen LogP contribution in [0.5, 0.6) is 35.3 Å². The van der Waals surface area contributed by atoms with Crippen LogP contribution in [0.1, 0.15) is 114 Å². The molecule has 136 heavy (non-hydrogen) atoms. The van der Waals surface area contributed by atoms with Crippen molar-refractivity contribution in [2.45, 2.75) is 145 Å². The Hall–Kier alpha value is -10.3. The number of sulfone groups is 1.